The first kappa shape index (κ1) is 17.3. The summed E-state index contributed by atoms with van der Waals surface area (Å²) in [6, 6.07) is 8.82. The van der Waals surface area contributed by atoms with E-state index in [1.807, 2.05) is 12.1 Å². The fourth-order valence-corrected chi connectivity index (χ4v) is 2.61. The minimum atomic E-state index is 0. The van der Waals surface area contributed by atoms with Gasteiger partial charge in [-0.2, -0.15) is 0 Å². The van der Waals surface area contributed by atoms with E-state index < -0.39 is 0 Å². The molecule has 0 heterocycles. The first-order valence-corrected chi connectivity index (χ1v) is 7.44. The quantitative estimate of drug-likeness (QED) is 0.792. The fraction of sp³-hybridized carbons (Fsp3) is 0.625. The molecule has 0 spiro atoms. The van der Waals surface area contributed by atoms with Crippen molar-refractivity contribution in [2.45, 2.75) is 51.1 Å². The van der Waals surface area contributed by atoms with Crippen LogP contribution in [0.25, 0.3) is 0 Å². The zero-order valence-corrected chi connectivity index (χ0v) is 12.8. The molecule has 0 saturated heterocycles. The van der Waals surface area contributed by atoms with Crippen LogP contribution in [0, 0.1) is 0 Å². The van der Waals surface area contributed by atoms with Gasteiger partial charge in [0.2, 0.25) is 0 Å². The summed E-state index contributed by atoms with van der Waals surface area (Å²) in [6.07, 6.45) is 8.16. The highest BCUT2D eigenvalue weighted by molar-refractivity contribution is 5.85. The van der Waals surface area contributed by atoms with Crippen molar-refractivity contribution < 1.29 is 9.84 Å². The maximum atomic E-state index is 8.70. The van der Waals surface area contributed by atoms with E-state index in [2.05, 4.69) is 17.4 Å². The summed E-state index contributed by atoms with van der Waals surface area (Å²) in [6.45, 7) is 1.36. The van der Waals surface area contributed by atoms with Gasteiger partial charge in [0.1, 0.15) is 12.4 Å². The van der Waals surface area contributed by atoms with E-state index in [1.165, 1.54) is 44.1 Å². The van der Waals surface area contributed by atoms with Gasteiger partial charge in [-0.1, -0.05) is 37.8 Å². The molecule has 1 aromatic carbocycles. The molecule has 2 rings (SSSR count). The molecule has 0 aromatic heterocycles. The molecule has 20 heavy (non-hydrogen) atoms. The highest BCUT2D eigenvalue weighted by atomic mass is 35.5. The average Bonchev–Trinajstić information content (AvgIpc) is 2.72. The Morgan fingerprint density at radius 3 is 2.30 bits per heavy atom. The lowest BCUT2D eigenvalue weighted by molar-refractivity contribution is 0.201. The van der Waals surface area contributed by atoms with Gasteiger partial charge >= 0.3 is 0 Å². The molecule has 1 saturated carbocycles. The number of rotatable bonds is 6. The topological polar surface area (TPSA) is 41.5 Å². The molecule has 1 fully saturated rings. The first-order valence-electron chi connectivity index (χ1n) is 7.44. The zero-order chi connectivity index (χ0) is 13.3. The molecule has 2 N–H and O–H groups in total. The molecule has 0 aliphatic heterocycles. The lowest BCUT2D eigenvalue weighted by atomic mass is 10.1. The van der Waals surface area contributed by atoms with Gasteiger partial charge in [0.15, 0.2) is 0 Å². The number of aliphatic hydroxyl groups is 1. The Morgan fingerprint density at radius 1 is 1.05 bits per heavy atom. The Balaban J connectivity index is 0.00000200. The summed E-state index contributed by atoms with van der Waals surface area (Å²) in [4.78, 5) is 0. The van der Waals surface area contributed by atoms with Gasteiger partial charge in [0.25, 0.3) is 0 Å². The number of benzene rings is 1. The first-order chi connectivity index (χ1) is 9.38. The smallest absolute Gasteiger partial charge is 0.119 e. The molecule has 3 nitrogen and oxygen atoms in total. The van der Waals surface area contributed by atoms with Crippen molar-refractivity contribution >= 4 is 12.4 Å². The second-order valence-corrected chi connectivity index (χ2v) is 5.29. The van der Waals surface area contributed by atoms with Crippen molar-refractivity contribution in [2.75, 3.05) is 13.2 Å². The minimum Gasteiger partial charge on any atom is -0.491 e. The van der Waals surface area contributed by atoms with Gasteiger partial charge in [-0.3, -0.25) is 0 Å². The lowest BCUT2D eigenvalue weighted by Gasteiger charge is -2.16. The average molecular weight is 300 g/mol. The predicted octanol–water partition coefficient (Wildman–Crippen LogP) is 3.29. The molecule has 1 aliphatic rings. The van der Waals surface area contributed by atoms with Crippen LogP contribution in [0.4, 0.5) is 0 Å². The largest absolute Gasteiger partial charge is 0.491 e. The third-order valence-electron chi connectivity index (χ3n) is 3.73. The van der Waals surface area contributed by atoms with Gasteiger partial charge in [-0.05, 0) is 30.5 Å². The van der Waals surface area contributed by atoms with Crippen LogP contribution in [0.2, 0.25) is 0 Å². The number of hydrogen-bond donors (Lipinski definition) is 2. The maximum Gasteiger partial charge on any atom is 0.119 e. The predicted molar refractivity (Wildman–Crippen MR) is 84.6 cm³/mol. The Labute approximate surface area is 128 Å². The summed E-state index contributed by atoms with van der Waals surface area (Å²) in [7, 11) is 0. The number of halogens is 1. The van der Waals surface area contributed by atoms with Crippen LogP contribution >= 0.6 is 12.4 Å². The van der Waals surface area contributed by atoms with Gasteiger partial charge in [-0.25, -0.2) is 0 Å². The van der Waals surface area contributed by atoms with E-state index in [0.29, 0.717) is 12.6 Å². The zero-order valence-electron chi connectivity index (χ0n) is 12.0. The second-order valence-electron chi connectivity index (χ2n) is 5.29. The van der Waals surface area contributed by atoms with Crippen molar-refractivity contribution in [1.29, 1.82) is 0 Å². The lowest BCUT2D eigenvalue weighted by Crippen LogP contribution is -2.27. The van der Waals surface area contributed by atoms with Crippen LogP contribution in [0.3, 0.4) is 0 Å². The fourth-order valence-electron chi connectivity index (χ4n) is 2.61. The van der Waals surface area contributed by atoms with Crippen LogP contribution in [0.15, 0.2) is 24.3 Å². The normalized spacial score (nSPS) is 16.2. The molecule has 114 valence electrons. The highest BCUT2D eigenvalue weighted by Gasteiger charge is 2.11. The number of nitrogens with one attached hydrogen (secondary N) is 1. The number of ether oxygens (including phenoxy) is 1. The monoisotopic (exact) mass is 299 g/mol. The summed E-state index contributed by atoms with van der Waals surface area (Å²) in [5.74, 6) is 0.826. The molecule has 1 aromatic rings. The van der Waals surface area contributed by atoms with Crippen LogP contribution in [-0.2, 0) is 6.54 Å². The van der Waals surface area contributed by atoms with Crippen molar-refractivity contribution in [3.63, 3.8) is 0 Å². The van der Waals surface area contributed by atoms with Crippen LogP contribution in [0.5, 0.6) is 5.75 Å². The van der Waals surface area contributed by atoms with Crippen LogP contribution in [0.1, 0.15) is 44.1 Å². The second kappa shape index (κ2) is 10.0. The molecular formula is C16H26ClNO2. The van der Waals surface area contributed by atoms with Crippen molar-refractivity contribution in [3.8, 4) is 5.75 Å². The van der Waals surface area contributed by atoms with Crippen molar-refractivity contribution in [1.82, 2.24) is 5.32 Å². The van der Waals surface area contributed by atoms with E-state index in [9.17, 15) is 0 Å². The van der Waals surface area contributed by atoms with E-state index in [4.69, 9.17) is 9.84 Å². The SMILES string of the molecule is Cl.OCCOc1ccc(CNC2CCCCCC2)cc1. The third kappa shape index (κ3) is 6.12. The Hall–Kier alpha value is -0.770. The van der Waals surface area contributed by atoms with Gasteiger partial charge in [0, 0.05) is 12.6 Å². The maximum absolute atomic E-state index is 8.70. The molecule has 1 aliphatic carbocycles. The number of aliphatic hydroxyl groups excluding tert-OH is 1. The molecular weight excluding hydrogens is 274 g/mol. The summed E-state index contributed by atoms with van der Waals surface area (Å²) in [5, 5.41) is 12.4. The number of hydrogen-bond acceptors (Lipinski definition) is 3. The molecule has 0 unspecified atom stereocenters. The standard InChI is InChI=1S/C16H25NO2.ClH/c18-11-12-19-16-9-7-14(8-10-16)13-17-15-5-3-1-2-4-6-15;/h7-10,15,17-18H,1-6,11-13H2;1H. The summed E-state index contributed by atoms with van der Waals surface area (Å²) in [5.41, 5.74) is 1.29. The highest BCUT2D eigenvalue weighted by Crippen LogP contribution is 2.18. The Morgan fingerprint density at radius 2 is 1.70 bits per heavy atom. The van der Waals surface area contributed by atoms with Gasteiger partial charge in [0.05, 0.1) is 6.61 Å². The summed E-state index contributed by atoms with van der Waals surface area (Å²) < 4.78 is 5.35. The van der Waals surface area contributed by atoms with Crippen molar-refractivity contribution in [3.05, 3.63) is 29.8 Å². The van der Waals surface area contributed by atoms with E-state index in [0.717, 1.165) is 12.3 Å². The minimum absolute atomic E-state index is 0. The van der Waals surface area contributed by atoms with Crippen LogP contribution in [-0.4, -0.2) is 24.4 Å². The van der Waals surface area contributed by atoms with Gasteiger partial charge in [-0.15, -0.1) is 12.4 Å². The molecule has 0 radical (unpaired) electrons. The molecule has 0 bridgehead atoms. The van der Waals surface area contributed by atoms with E-state index in [1.54, 1.807) is 0 Å². The van der Waals surface area contributed by atoms with E-state index in [-0.39, 0.29) is 19.0 Å². The molecule has 0 atom stereocenters. The summed E-state index contributed by atoms with van der Waals surface area (Å²) >= 11 is 0. The third-order valence-corrected chi connectivity index (χ3v) is 3.73. The van der Waals surface area contributed by atoms with Crippen LogP contribution < -0.4 is 10.1 Å². The Bertz CT molecular complexity index is 348. The van der Waals surface area contributed by atoms with Gasteiger partial charge < -0.3 is 15.2 Å². The van der Waals surface area contributed by atoms with E-state index >= 15 is 0 Å². The molecule has 4 heteroatoms. The Kier molecular flexibility index (Phi) is 8.67. The van der Waals surface area contributed by atoms with Crippen molar-refractivity contribution in [2.24, 2.45) is 0 Å². The molecule has 0 amide bonds.